The van der Waals surface area contributed by atoms with Gasteiger partial charge in [0.15, 0.2) is 6.10 Å². The van der Waals surface area contributed by atoms with Gasteiger partial charge in [-0.15, -0.1) is 0 Å². The first-order valence-electron chi connectivity index (χ1n) is 25.6. The molecule has 0 amide bonds. The number of unbranched alkanes of at least 4 members (excludes halogenated alkanes) is 37. The first-order chi connectivity index (χ1) is 27.6. The molecule has 1 unspecified atom stereocenters. The molecule has 5 nitrogen and oxygen atoms in total. The average Bonchev–Trinajstić information content (AvgIpc) is 3.20. The summed E-state index contributed by atoms with van der Waals surface area (Å²) in [7, 11) is 0. The van der Waals surface area contributed by atoms with Gasteiger partial charge in [0.2, 0.25) is 0 Å². The van der Waals surface area contributed by atoms with Gasteiger partial charge in [0.25, 0.3) is 0 Å². The first kappa shape index (κ1) is 54.9. The van der Waals surface area contributed by atoms with E-state index in [9.17, 15) is 9.59 Å². The van der Waals surface area contributed by atoms with Crippen LogP contribution in [0.5, 0.6) is 0 Å². The topological polar surface area (TPSA) is 61.8 Å². The van der Waals surface area contributed by atoms with Gasteiger partial charge in [-0.05, 0) is 19.3 Å². The number of esters is 2. The van der Waals surface area contributed by atoms with Crippen LogP contribution in [0.25, 0.3) is 0 Å². The lowest BCUT2D eigenvalue weighted by atomic mass is 10.0. The molecular weight excluding hydrogens is 693 g/mol. The molecule has 0 fully saturated rings. The second-order valence-corrected chi connectivity index (χ2v) is 17.5. The molecule has 0 radical (unpaired) electrons. The number of hydrogen-bond donors (Lipinski definition) is 0. The van der Waals surface area contributed by atoms with Crippen LogP contribution in [0.3, 0.4) is 0 Å². The van der Waals surface area contributed by atoms with Crippen LogP contribution in [0.15, 0.2) is 0 Å². The Labute approximate surface area is 351 Å². The molecule has 0 aromatic carbocycles. The van der Waals surface area contributed by atoms with Crippen molar-refractivity contribution >= 4 is 11.9 Å². The van der Waals surface area contributed by atoms with E-state index < -0.39 is 6.10 Å². The van der Waals surface area contributed by atoms with Crippen LogP contribution in [-0.2, 0) is 23.8 Å². The Balaban J connectivity index is 4.15. The molecule has 0 saturated carbocycles. The molecule has 0 N–H and O–H groups in total. The molecule has 0 aliphatic carbocycles. The van der Waals surface area contributed by atoms with E-state index >= 15 is 0 Å². The van der Waals surface area contributed by atoms with Crippen molar-refractivity contribution in [1.82, 2.24) is 0 Å². The lowest BCUT2D eigenvalue weighted by Crippen LogP contribution is -2.30. The van der Waals surface area contributed by atoms with Gasteiger partial charge in [0.05, 0.1) is 6.61 Å². The van der Waals surface area contributed by atoms with Crippen LogP contribution < -0.4 is 0 Å². The highest BCUT2D eigenvalue weighted by atomic mass is 16.6. The Hall–Kier alpha value is -1.10. The molecule has 0 aromatic heterocycles. The number of hydrogen-bond acceptors (Lipinski definition) is 5. The normalized spacial score (nSPS) is 12.0. The summed E-state index contributed by atoms with van der Waals surface area (Å²) in [6.45, 7) is 7.89. The quantitative estimate of drug-likeness (QED) is 0.0454. The van der Waals surface area contributed by atoms with E-state index in [0.717, 1.165) is 32.1 Å². The molecule has 0 aliphatic heterocycles. The molecule has 1 atom stereocenters. The zero-order valence-corrected chi connectivity index (χ0v) is 38.4. The summed E-state index contributed by atoms with van der Waals surface area (Å²) in [5, 5.41) is 0. The van der Waals surface area contributed by atoms with E-state index in [1.807, 2.05) is 0 Å². The molecule has 0 aromatic rings. The van der Waals surface area contributed by atoms with E-state index in [4.69, 9.17) is 14.2 Å². The highest BCUT2D eigenvalue weighted by molar-refractivity contribution is 5.70. The lowest BCUT2D eigenvalue weighted by Gasteiger charge is -2.18. The molecule has 0 heterocycles. The SMILES string of the molecule is CCCCCCCCCCCCCCCCCC(=O)OCC(COCCCCCCCCCCCC)OC(=O)CCCCCCCCCCCCCCCCC. The van der Waals surface area contributed by atoms with Gasteiger partial charge in [-0.1, -0.05) is 258 Å². The van der Waals surface area contributed by atoms with Gasteiger partial charge in [-0.2, -0.15) is 0 Å². The number of ether oxygens (including phenoxy) is 3. The van der Waals surface area contributed by atoms with Crippen molar-refractivity contribution in [3.05, 3.63) is 0 Å². The predicted molar refractivity (Wildman–Crippen MR) is 243 cm³/mol. The van der Waals surface area contributed by atoms with E-state index in [1.165, 1.54) is 225 Å². The van der Waals surface area contributed by atoms with Crippen LogP contribution >= 0.6 is 0 Å². The summed E-state index contributed by atoms with van der Waals surface area (Å²) in [5.74, 6) is -0.372. The highest BCUT2D eigenvalue weighted by Crippen LogP contribution is 2.16. The van der Waals surface area contributed by atoms with Gasteiger partial charge >= 0.3 is 11.9 Å². The molecule has 0 spiro atoms. The Morgan fingerprint density at radius 3 is 0.911 bits per heavy atom. The smallest absolute Gasteiger partial charge is 0.306 e. The van der Waals surface area contributed by atoms with Gasteiger partial charge < -0.3 is 14.2 Å². The Morgan fingerprint density at radius 2 is 0.589 bits per heavy atom. The van der Waals surface area contributed by atoms with Crippen LogP contribution in [0.4, 0.5) is 0 Å². The third kappa shape index (κ3) is 45.6. The fourth-order valence-electron chi connectivity index (χ4n) is 7.81. The van der Waals surface area contributed by atoms with Gasteiger partial charge in [-0.25, -0.2) is 0 Å². The Kier molecular flexibility index (Phi) is 47.3. The zero-order valence-electron chi connectivity index (χ0n) is 38.4. The minimum atomic E-state index is -0.521. The number of carbonyl (C=O) groups excluding carboxylic acids is 2. The maximum absolute atomic E-state index is 12.8. The van der Waals surface area contributed by atoms with Crippen molar-refractivity contribution in [3.8, 4) is 0 Å². The third-order valence-corrected chi connectivity index (χ3v) is 11.6. The van der Waals surface area contributed by atoms with Crippen molar-refractivity contribution in [2.75, 3.05) is 19.8 Å². The standard InChI is InChI=1S/C51H100O5/c1-4-7-10-13-16-19-22-24-26-28-30-32-35-38-41-44-50(52)55-48-49(47-54-46-43-40-37-34-21-18-15-12-9-6-3)56-51(53)45-42-39-36-33-31-29-27-25-23-20-17-14-11-8-5-2/h49H,4-48H2,1-3H3. The summed E-state index contributed by atoms with van der Waals surface area (Å²) in [6.07, 6.45) is 52.4. The molecular formula is C51H100O5. The third-order valence-electron chi connectivity index (χ3n) is 11.6. The summed E-state index contributed by atoms with van der Waals surface area (Å²) < 4.78 is 17.4. The summed E-state index contributed by atoms with van der Waals surface area (Å²) in [4.78, 5) is 25.3. The average molecular weight is 793 g/mol. The lowest BCUT2D eigenvalue weighted by molar-refractivity contribution is -0.163. The summed E-state index contributed by atoms with van der Waals surface area (Å²) in [5.41, 5.74) is 0. The van der Waals surface area contributed by atoms with Crippen molar-refractivity contribution in [2.45, 2.75) is 297 Å². The predicted octanol–water partition coefficient (Wildman–Crippen LogP) is 16.9. The highest BCUT2D eigenvalue weighted by Gasteiger charge is 2.17. The molecule has 334 valence electrons. The van der Waals surface area contributed by atoms with Gasteiger partial charge in [-0.3, -0.25) is 9.59 Å². The molecule has 0 bridgehead atoms. The fraction of sp³-hybridized carbons (Fsp3) is 0.961. The van der Waals surface area contributed by atoms with Crippen LogP contribution in [0.1, 0.15) is 290 Å². The molecule has 0 aliphatic rings. The van der Waals surface area contributed by atoms with E-state index in [0.29, 0.717) is 26.1 Å². The minimum Gasteiger partial charge on any atom is -0.462 e. The maximum Gasteiger partial charge on any atom is 0.306 e. The maximum atomic E-state index is 12.8. The number of carbonyl (C=O) groups is 2. The van der Waals surface area contributed by atoms with Crippen LogP contribution in [-0.4, -0.2) is 37.9 Å². The largest absolute Gasteiger partial charge is 0.462 e. The van der Waals surface area contributed by atoms with Crippen molar-refractivity contribution in [3.63, 3.8) is 0 Å². The molecule has 56 heavy (non-hydrogen) atoms. The first-order valence-corrected chi connectivity index (χ1v) is 25.6. The second kappa shape index (κ2) is 48.3. The summed E-state index contributed by atoms with van der Waals surface area (Å²) in [6, 6.07) is 0. The van der Waals surface area contributed by atoms with Crippen molar-refractivity contribution in [1.29, 1.82) is 0 Å². The van der Waals surface area contributed by atoms with Crippen molar-refractivity contribution < 1.29 is 23.8 Å². The van der Waals surface area contributed by atoms with Crippen LogP contribution in [0, 0.1) is 0 Å². The Bertz CT molecular complexity index is 769. The van der Waals surface area contributed by atoms with Gasteiger partial charge in [0, 0.05) is 19.4 Å². The second-order valence-electron chi connectivity index (χ2n) is 17.5. The van der Waals surface area contributed by atoms with Gasteiger partial charge in [0.1, 0.15) is 6.61 Å². The summed E-state index contributed by atoms with van der Waals surface area (Å²) >= 11 is 0. The van der Waals surface area contributed by atoms with E-state index in [1.54, 1.807) is 0 Å². The van der Waals surface area contributed by atoms with Crippen molar-refractivity contribution in [2.24, 2.45) is 0 Å². The zero-order chi connectivity index (χ0) is 40.7. The van der Waals surface area contributed by atoms with E-state index in [-0.39, 0.29) is 18.5 Å². The molecule has 0 saturated heterocycles. The Morgan fingerprint density at radius 1 is 0.321 bits per heavy atom. The van der Waals surface area contributed by atoms with Crippen LogP contribution in [0.2, 0.25) is 0 Å². The van der Waals surface area contributed by atoms with E-state index in [2.05, 4.69) is 20.8 Å². The number of rotatable bonds is 48. The minimum absolute atomic E-state index is 0.0974. The fourth-order valence-corrected chi connectivity index (χ4v) is 7.81. The monoisotopic (exact) mass is 793 g/mol. The molecule has 5 heteroatoms. The molecule has 0 rings (SSSR count).